The zero-order valence-electron chi connectivity index (χ0n) is 12.1. The van der Waals surface area contributed by atoms with Crippen molar-refractivity contribution in [3.63, 3.8) is 0 Å². The summed E-state index contributed by atoms with van der Waals surface area (Å²) in [5.41, 5.74) is 9.63. The predicted molar refractivity (Wildman–Crippen MR) is 78.3 cm³/mol. The van der Waals surface area contributed by atoms with Gasteiger partial charge >= 0.3 is 0 Å². The lowest BCUT2D eigenvalue weighted by molar-refractivity contribution is 0.204. The molecule has 0 saturated heterocycles. The number of hydrogen-bond donors (Lipinski definition) is 1. The van der Waals surface area contributed by atoms with Crippen LogP contribution in [0.3, 0.4) is 0 Å². The van der Waals surface area contributed by atoms with Crippen molar-refractivity contribution in [2.75, 3.05) is 31.7 Å². The van der Waals surface area contributed by atoms with Gasteiger partial charge in [-0.05, 0) is 45.4 Å². The Labute approximate surface area is 111 Å². The predicted octanol–water partition coefficient (Wildman–Crippen LogP) is 2.36. The van der Waals surface area contributed by atoms with E-state index in [9.17, 15) is 0 Å². The summed E-state index contributed by atoms with van der Waals surface area (Å²) in [7, 11) is 1.74. The van der Waals surface area contributed by atoms with E-state index in [-0.39, 0.29) is 0 Å². The van der Waals surface area contributed by atoms with Gasteiger partial charge in [0.2, 0.25) is 0 Å². The molecule has 0 spiro atoms. The number of benzene rings is 1. The molecule has 0 atom stereocenters. The van der Waals surface area contributed by atoms with Crippen LogP contribution in [0.2, 0.25) is 0 Å². The number of ether oxygens (including phenoxy) is 1. The molecule has 2 N–H and O–H groups in total. The lowest BCUT2D eigenvalue weighted by Gasteiger charge is -2.31. The molecular weight excluding hydrogens is 224 g/mol. The second-order valence-electron chi connectivity index (χ2n) is 4.95. The van der Waals surface area contributed by atoms with Crippen molar-refractivity contribution in [1.82, 2.24) is 0 Å². The molecule has 0 bridgehead atoms. The lowest BCUT2D eigenvalue weighted by atomic mass is 10.0. The Morgan fingerprint density at radius 1 is 1.33 bits per heavy atom. The smallest absolute Gasteiger partial charge is 0.0637 e. The van der Waals surface area contributed by atoms with Crippen LogP contribution in [0.25, 0.3) is 0 Å². The minimum Gasteiger partial charge on any atom is -0.383 e. The average Bonchev–Trinajstić information content (AvgIpc) is 2.32. The lowest BCUT2D eigenvalue weighted by Crippen LogP contribution is -2.34. The summed E-state index contributed by atoms with van der Waals surface area (Å²) < 4.78 is 5.20. The third-order valence-electron chi connectivity index (χ3n) is 3.12. The first kappa shape index (κ1) is 15.0. The molecule has 3 nitrogen and oxygen atoms in total. The van der Waals surface area contributed by atoms with E-state index in [4.69, 9.17) is 10.5 Å². The monoisotopic (exact) mass is 250 g/mol. The van der Waals surface area contributed by atoms with Gasteiger partial charge in [-0.3, -0.25) is 0 Å². The highest BCUT2D eigenvalue weighted by molar-refractivity contribution is 5.55. The van der Waals surface area contributed by atoms with Gasteiger partial charge < -0.3 is 15.4 Å². The molecule has 1 aromatic rings. The average molecular weight is 250 g/mol. The fourth-order valence-corrected chi connectivity index (χ4v) is 2.20. The summed E-state index contributed by atoms with van der Waals surface area (Å²) in [4.78, 5) is 2.38. The second-order valence-corrected chi connectivity index (χ2v) is 4.95. The van der Waals surface area contributed by atoms with Gasteiger partial charge in [-0.15, -0.1) is 0 Å². The van der Waals surface area contributed by atoms with Crippen LogP contribution in [0.4, 0.5) is 5.69 Å². The van der Waals surface area contributed by atoms with Crippen LogP contribution in [0.1, 0.15) is 25.0 Å². The van der Waals surface area contributed by atoms with Crippen LogP contribution in [-0.4, -0.2) is 32.8 Å². The zero-order valence-corrected chi connectivity index (χ0v) is 12.1. The minimum atomic E-state index is 0.458. The quantitative estimate of drug-likeness (QED) is 0.807. The fraction of sp³-hybridized carbons (Fsp3) is 0.600. The van der Waals surface area contributed by atoms with Gasteiger partial charge in [-0.2, -0.15) is 0 Å². The Morgan fingerprint density at radius 3 is 2.61 bits per heavy atom. The van der Waals surface area contributed by atoms with Crippen molar-refractivity contribution in [1.29, 1.82) is 0 Å². The largest absolute Gasteiger partial charge is 0.383 e. The molecule has 0 aliphatic carbocycles. The van der Waals surface area contributed by atoms with Crippen LogP contribution in [0.5, 0.6) is 0 Å². The van der Waals surface area contributed by atoms with Gasteiger partial charge in [0.25, 0.3) is 0 Å². The maximum atomic E-state index is 5.71. The summed E-state index contributed by atoms with van der Waals surface area (Å²) in [5, 5.41) is 0. The van der Waals surface area contributed by atoms with E-state index < -0.39 is 0 Å². The van der Waals surface area contributed by atoms with Crippen LogP contribution in [0, 0.1) is 6.92 Å². The van der Waals surface area contributed by atoms with Gasteiger partial charge in [-0.1, -0.05) is 17.7 Å². The summed E-state index contributed by atoms with van der Waals surface area (Å²) in [5.74, 6) is 0. The normalized spacial score (nSPS) is 11.0. The second kappa shape index (κ2) is 7.39. The van der Waals surface area contributed by atoms with E-state index in [1.54, 1.807) is 7.11 Å². The van der Waals surface area contributed by atoms with E-state index in [0.29, 0.717) is 12.6 Å². The number of nitrogens with two attached hydrogens (primary N) is 1. The molecule has 0 aromatic heterocycles. The first-order chi connectivity index (χ1) is 8.60. The number of nitrogens with zero attached hydrogens (tertiary/aromatic N) is 1. The van der Waals surface area contributed by atoms with Crippen molar-refractivity contribution in [3.05, 3.63) is 29.3 Å². The van der Waals surface area contributed by atoms with Crippen molar-refractivity contribution in [3.8, 4) is 0 Å². The van der Waals surface area contributed by atoms with Gasteiger partial charge in [0.05, 0.1) is 6.61 Å². The Morgan fingerprint density at radius 2 is 2.06 bits per heavy atom. The fourth-order valence-electron chi connectivity index (χ4n) is 2.20. The van der Waals surface area contributed by atoms with Crippen LogP contribution < -0.4 is 10.6 Å². The topological polar surface area (TPSA) is 38.5 Å². The van der Waals surface area contributed by atoms with E-state index in [2.05, 4.69) is 43.9 Å². The SMILES string of the molecule is COCCN(c1ccc(C)cc1CCN)C(C)C. The van der Waals surface area contributed by atoms with Crippen molar-refractivity contribution < 1.29 is 4.74 Å². The van der Waals surface area contributed by atoms with Gasteiger partial charge in [0, 0.05) is 25.4 Å². The molecular formula is C15H26N2O. The highest BCUT2D eigenvalue weighted by Gasteiger charge is 2.14. The molecule has 0 fully saturated rings. The Hall–Kier alpha value is -1.06. The Balaban J connectivity index is 3.01. The van der Waals surface area contributed by atoms with Crippen LogP contribution >= 0.6 is 0 Å². The molecule has 0 saturated carbocycles. The van der Waals surface area contributed by atoms with Crippen molar-refractivity contribution in [2.24, 2.45) is 5.73 Å². The molecule has 102 valence electrons. The number of anilines is 1. The molecule has 3 heteroatoms. The molecule has 0 aliphatic heterocycles. The molecule has 0 aliphatic rings. The third-order valence-corrected chi connectivity index (χ3v) is 3.12. The Kier molecular flexibility index (Phi) is 6.16. The highest BCUT2D eigenvalue weighted by atomic mass is 16.5. The molecule has 18 heavy (non-hydrogen) atoms. The molecule has 0 heterocycles. The molecule has 1 aromatic carbocycles. The molecule has 0 amide bonds. The number of aryl methyl sites for hydroxylation is 1. The highest BCUT2D eigenvalue weighted by Crippen LogP contribution is 2.24. The number of rotatable bonds is 7. The van der Waals surface area contributed by atoms with E-state index in [1.807, 2.05) is 0 Å². The Bertz CT molecular complexity index is 364. The minimum absolute atomic E-state index is 0.458. The van der Waals surface area contributed by atoms with Gasteiger partial charge in [-0.25, -0.2) is 0 Å². The standard InChI is InChI=1S/C15H26N2O/c1-12(2)17(9-10-18-4)15-6-5-13(3)11-14(15)7-8-16/h5-6,11-12H,7-10,16H2,1-4H3. The summed E-state index contributed by atoms with van der Waals surface area (Å²) in [6.45, 7) is 8.89. The molecule has 1 rings (SSSR count). The van der Waals surface area contributed by atoms with Crippen molar-refractivity contribution >= 4 is 5.69 Å². The first-order valence-corrected chi connectivity index (χ1v) is 6.65. The molecule has 0 radical (unpaired) electrons. The zero-order chi connectivity index (χ0) is 13.5. The van der Waals surface area contributed by atoms with Gasteiger partial charge in [0.1, 0.15) is 0 Å². The van der Waals surface area contributed by atoms with Crippen molar-refractivity contribution in [2.45, 2.75) is 33.2 Å². The summed E-state index contributed by atoms with van der Waals surface area (Å²) in [6.07, 6.45) is 0.924. The van der Waals surface area contributed by atoms with E-state index >= 15 is 0 Å². The first-order valence-electron chi connectivity index (χ1n) is 6.65. The maximum Gasteiger partial charge on any atom is 0.0637 e. The number of methoxy groups -OCH3 is 1. The summed E-state index contributed by atoms with van der Waals surface area (Å²) in [6, 6.07) is 7.07. The van der Waals surface area contributed by atoms with Crippen LogP contribution in [0.15, 0.2) is 18.2 Å². The van der Waals surface area contributed by atoms with Crippen LogP contribution in [-0.2, 0) is 11.2 Å². The number of hydrogen-bond acceptors (Lipinski definition) is 3. The van der Waals surface area contributed by atoms with E-state index in [1.165, 1.54) is 16.8 Å². The van der Waals surface area contributed by atoms with E-state index in [0.717, 1.165) is 19.6 Å². The summed E-state index contributed by atoms with van der Waals surface area (Å²) >= 11 is 0. The maximum absolute atomic E-state index is 5.71. The van der Waals surface area contributed by atoms with Gasteiger partial charge in [0.15, 0.2) is 0 Å². The molecule has 0 unspecified atom stereocenters. The third kappa shape index (κ3) is 4.00.